The second kappa shape index (κ2) is 6.92. The molecule has 0 aromatic carbocycles. The number of carbonyl (C=O) groups excluding carboxylic acids is 1. The topological polar surface area (TPSA) is 55.1 Å². The van der Waals surface area contributed by atoms with Crippen LogP contribution in [0.25, 0.3) is 0 Å². The first kappa shape index (κ1) is 15.8. The molecule has 20 heavy (non-hydrogen) atoms. The van der Waals surface area contributed by atoms with Gasteiger partial charge in [0.25, 0.3) is 0 Å². The van der Waals surface area contributed by atoms with E-state index in [9.17, 15) is 4.79 Å². The quantitative estimate of drug-likeness (QED) is 0.901. The van der Waals surface area contributed by atoms with Crippen molar-refractivity contribution in [1.82, 2.24) is 5.32 Å². The summed E-state index contributed by atoms with van der Waals surface area (Å²) in [4.78, 5) is 12.3. The Kier molecular flexibility index (Phi) is 5.47. The summed E-state index contributed by atoms with van der Waals surface area (Å²) in [5, 5.41) is 7.22. The average Bonchev–Trinajstić information content (AvgIpc) is 2.88. The molecule has 3 rings (SSSR count). The van der Waals surface area contributed by atoms with Crippen molar-refractivity contribution < 1.29 is 4.79 Å². The van der Waals surface area contributed by atoms with E-state index >= 15 is 0 Å². The highest BCUT2D eigenvalue weighted by Gasteiger charge is 2.40. The summed E-state index contributed by atoms with van der Waals surface area (Å²) in [6, 6.07) is 2.41. The summed E-state index contributed by atoms with van der Waals surface area (Å²) in [6.45, 7) is 0.667. The van der Waals surface area contributed by atoms with Gasteiger partial charge in [-0.15, -0.1) is 12.4 Å². The molecular formula is C15H23ClN2OS. The van der Waals surface area contributed by atoms with Gasteiger partial charge in [-0.25, -0.2) is 0 Å². The lowest BCUT2D eigenvalue weighted by molar-refractivity contribution is -0.128. The summed E-state index contributed by atoms with van der Waals surface area (Å²) < 4.78 is 0. The van der Waals surface area contributed by atoms with Crippen molar-refractivity contribution in [3.05, 3.63) is 22.4 Å². The van der Waals surface area contributed by atoms with Gasteiger partial charge in [-0.3, -0.25) is 4.79 Å². The third-order valence-electron chi connectivity index (χ3n) is 4.83. The van der Waals surface area contributed by atoms with Crippen LogP contribution < -0.4 is 11.1 Å². The van der Waals surface area contributed by atoms with Crippen molar-refractivity contribution in [2.75, 3.05) is 0 Å². The lowest BCUT2D eigenvalue weighted by Crippen LogP contribution is -2.49. The minimum Gasteiger partial charge on any atom is -0.352 e. The zero-order chi connectivity index (χ0) is 13.2. The third kappa shape index (κ3) is 3.35. The van der Waals surface area contributed by atoms with Crippen molar-refractivity contribution in [1.29, 1.82) is 0 Å². The number of nitrogens with two attached hydrogens (primary N) is 1. The molecule has 2 unspecified atom stereocenters. The van der Waals surface area contributed by atoms with E-state index in [4.69, 9.17) is 5.73 Å². The van der Waals surface area contributed by atoms with Crippen LogP contribution in [0.4, 0.5) is 0 Å². The van der Waals surface area contributed by atoms with Gasteiger partial charge in [-0.2, -0.15) is 11.3 Å². The van der Waals surface area contributed by atoms with Gasteiger partial charge in [0.2, 0.25) is 5.91 Å². The van der Waals surface area contributed by atoms with Crippen LogP contribution in [0.1, 0.15) is 37.7 Å². The zero-order valence-electron chi connectivity index (χ0n) is 11.6. The first-order valence-corrected chi connectivity index (χ1v) is 8.22. The van der Waals surface area contributed by atoms with Crippen LogP contribution in [0.2, 0.25) is 0 Å². The standard InChI is InChI=1S/C15H22N2OS.ClH/c16-14-11-2-1-3-12(14)7-13(6-11)15(18)17-8-10-4-5-19-9-10;/h4-5,9,11-14H,1-3,6-8,16H2,(H,17,18);1H. The minimum atomic E-state index is 0. The summed E-state index contributed by atoms with van der Waals surface area (Å²) in [7, 11) is 0. The number of halogens is 1. The van der Waals surface area contributed by atoms with Gasteiger partial charge in [0, 0.05) is 18.5 Å². The van der Waals surface area contributed by atoms with Crippen LogP contribution in [-0.4, -0.2) is 11.9 Å². The van der Waals surface area contributed by atoms with E-state index in [1.165, 1.54) is 24.8 Å². The van der Waals surface area contributed by atoms with Crippen LogP contribution in [0, 0.1) is 17.8 Å². The first-order chi connectivity index (χ1) is 9.24. The maximum absolute atomic E-state index is 12.3. The summed E-state index contributed by atoms with van der Waals surface area (Å²) in [6.07, 6.45) is 5.71. The van der Waals surface area contributed by atoms with E-state index in [2.05, 4.69) is 16.8 Å². The number of carbonyl (C=O) groups is 1. The number of hydrogen-bond donors (Lipinski definition) is 2. The molecule has 1 heterocycles. The van der Waals surface area contributed by atoms with Crippen LogP contribution in [0.15, 0.2) is 16.8 Å². The van der Waals surface area contributed by atoms with E-state index in [0.29, 0.717) is 24.4 Å². The first-order valence-electron chi connectivity index (χ1n) is 7.28. The van der Waals surface area contributed by atoms with Gasteiger partial charge in [0.1, 0.15) is 0 Å². The predicted octanol–water partition coefficient (Wildman–Crippen LogP) is 2.94. The van der Waals surface area contributed by atoms with Gasteiger partial charge in [-0.05, 0) is 59.9 Å². The molecule has 1 amide bonds. The Morgan fingerprint density at radius 2 is 2.05 bits per heavy atom. The maximum atomic E-state index is 12.3. The van der Waals surface area contributed by atoms with Crippen LogP contribution in [0.5, 0.6) is 0 Å². The van der Waals surface area contributed by atoms with Crippen molar-refractivity contribution in [3.8, 4) is 0 Å². The SMILES string of the molecule is Cl.NC1C2CCCC1CC(C(=O)NCc1ccsc1)C2. The van der Waals surface area contributed by atoms with Crippen LogP contribution in [-0.2, 0) is 11.3 Å². The van der Waals surface area contributed by atoms with E-state index in [-0.39, 0.29) is 24.2 Å². The smallest absolute Gasteiger partial charge is 0.223 e. The van der Waals surface area contributed by atoms with Crippen LogP contribution >= 0.6 is 23.7 Å². The number of fused-ring (bicyclic) bond motifs is 2. The summed E-state index contributed by atoms with van der Waals surface area (Å²) >= 11 is 1.67. The Labute approximate surface area is 130 Å². The molecule has 2 atom stereocenters. The molecule has 2 bridgehead atoms. The Morgan fingerprint density at radius 3 is 2.65 bits per heavy atom. The molecule has 112 valence electrons. The highest BCUT2D eigenvalue weighted by atomic mass is 35.5. The molecule has 3 N–H and O–H groups in total. The largest absolute Gasteiger partial charge is 0.352 e. The molecular weight excluding hydrogens is 292 g/mol. The van der Waals surface area contributed by atoms with E-state index in [1.54, 1.807) is 11.3 Å². The molecule has 0 radical (unpaired) electrons. The summed E-state index contributed by atoms with van der Waals surface area (Å²) in [5.41, 5.74) is 7.47. The lowest BCUT2D eigenvalue weighted by atomic mass is 9.65. The highest BCUT2D eigenvalue weighted by molar-refractivity contribution is 7.07. The van der Waals surface area contributed by atoms with Gasteiger partial charge < -0.3 is 11.1 Å². The van der Waals surface area contributed by atoms with Gasteiger partial charge >= 0.3 is 0 Å². The predicted molar refractivity (Wildman–Crippen MR) is 84.9 cm³/mol. The molecule has 2 saturated carbocycles. The number of rotatable bonds is 3. The van der Waals surface area contributed by atoms with E-state index in [1.807, 2.05) is 5.38 Å². The minimum absolute atomic E-state index is 0. The Hall–Kier alpha value is -0.580. The molecule has 3 nitrogen and oxygen atoms in total. The van der Waals surface area contributed by atoms with Crippen molar-refractivity contribution in [2.24, 2.45) is 23.5 Å². The second-order valence-electron chi connectivity index (χ2n) is 6.05. The molecule has 0 saturated heterocycles. The van der Waals surface area contributed by atoms with Gasteiger partial charge in [0.15, 0.2) is 0 Å². The normalized spacial score (nSPS) is 32.2. The highest BCUT2D eigenvalue weighted by Crippen LogP contribution is 2.41. The fourth-order valence-corrected chi connectivity index (χ4v) is 4.40. The second-order valence-corrected chi connectivity index (χ2v) is 6.83. The van der Waals surface area contributed by atoms with Gasteiger partial charge in [0.05, 0.1) is 0 Å². The molecule has 0 aliphatic heterocycles. The molecule has 1 aromatic rings. The number of hydrogen-bond acceptors (Lipinski definition) is 3. The number of amides is 1. The lowest BCUT2D eigenvalue weighted by Gasteiger charge is -2.43. The monoisotopic (exact) mass is 314 g/mol. The molecule has 1 aromatic heterocycles. The van der Waals surface area contributed by atoms with Crippen molar-refractivity contribution in [2.45, 2.75) is 44.7 Å². The summed E-state index contributed by atoms with van der Waals surface area (Å²) in [5.74, 6) is 1.57. The number of nitrogens with one attached hydrogen (secondary N) is 1. The van der Waals surface area contributed by atoms with E-state index < -0.39 is 0 Å². The van der Waals surface area contributed by atoms with Crippen LogP contribution in [0.3, 0.4) is 0 Å². The molecule has 2 aliphatic carbocycles. The zero-order valence-corrected chi connectivity index (χ0v) is 13.2. The Morgan fingerprint density at radius 1 is 1.35 bits per heavy atom. The molecule has 0 spiro atoms. The molecule has 2 aliphatic rings. The van der Waals surface area contributed by atoms with Crippen molar-refractivity contribution >= 4 is 29.7 Å². The molecule has 2 fully saturated rings. The van der Waals surface area contributed by atoms with Gasteiger partial charge in [-0.1, -0.05) is 6.42 Å². The Bertz CT molecular complexity index is 423. The van der Waals surface area contributed by atoms with E-state index in [0.717, 1.165) is 12.8 Å². The average molecular weight is 315 g/mol. The molecule has 5 heteroatoms. The maximum Gasteiger partial charge on any atom is 0.223 e. The number of thiophene rings is 1. The van der Waals surface area contributed by atoms with Crippen molar-refractivity contribution in [3.63, 3.8) is 0 Å². The Balaban J connectivity index is 0.00000147. The fourth-order valence-electron chi connectivity index (χ4n) is 3.73. The third-order valence-corrected chi connectivity index (χ3v) is 5.56. The fraction of sp³-hybridized carbons (Fsp3) is 0.667.